The summed E-state index contributed by atoms with van der Waals surface area (Å²) < 4.78 is 23.3. The molecule has 0 radical (unpaired) electrons. The van der Waals surface area contributed by atoms with E-state index in [9.17, 15) is 8.42 Å². The van der Waals surface area contributed by atoms with Crippen LogP contribution in [-0.4, -0.2) is 8.42 Å². The molecule has 1 aromatic carbocycles. The molecule has 2 N–H and O–H groups in total. The first-order valence-corrected chi connectivity index (χ1v) is 7.33. The minimum Gasteiger partial charge on any atom is -0.225 e. The van der Waals surface area contributed by atoms with Gasteiger partial charge in [-0.15, -0.1) is 0 Å². The van der Waals surface area contributed by atoms with Crippen molar-refractivity contribution in [3.05, 3.63) is 28.8 Å². The van der Waals surface area contributed by atoms with Crippen LogP contribution in [0.15, 0.2) is 17.0 Å². The van der Waals surface area contributed by atoms with E-state index in [4.69, 9.17) is 10.4 Å². The van der Waals surface area contributed by atoms with Crippen LogP contribution in [0.5, 0.6) is 0 Å². The number of nitriles is 1. The summed E-state index contributed by atoms with van der Waals surface area (Å²) in [7, 11) is -3.77. The minimum atomic E-state index is -3.77. The smallest absolute Gasteiger partial charge is 0.225 e. The van der Waals surface area contributed by atoms with Crippen LogP contribution in [0, 0.1) is 11.3 Å². The largest absolute Gasteiger partial charge is 1.00 e. The van der Waals surface area contributed by atoms with Crippen LogP contribution in [-0.2, 0) is 10.0 Å². The van der Waals surface area contributed by atoms with E-state index in [0.717, 1.165) is 0 Å². The number of rotatable bonds is 3. The molecule has 1 rings (SSSR count). The van der Waals surface area contributed by atoms with Crippen LogP contribution in [0.25, 0.3) is 0 Å². The van der Waals surface area contributed by atoms with E-state index in [-0.39, 0.29) is 68.1 Å². The number of nitrogens with zero attached hydrogens (tertiary/aromatic N) is 1. The predicted molar refractivity (Wildman–Crippen MR) is 70.7 cm³/mol. The fourth-order valence-electron chi connectivity index (χ4n) is 1.88. The maximum absolute atomic E-state index is 11.6. The second-order valence-electron chi connectivity index (χ2n) is 4.94. The maximum Gasteiger partial charge on any atom is 1.00 e. The number of nitrogens with two attached hydrogens (primary N) is 1. The first kappa shape index (κ1) is 19.3. The van der Waals surface area contributed by atoms with Gasteiger partial charge in [0.1, 0.15) is 0 Å². The Morgan fingerprint density at radius 1 is 1.11 bits per heavy atom. The molecule has 0 saturated carbocycles. The molecule has 0 aliphatic rings. The van der Waals surface area contributed by atoms with Crippen molar-refractivity contribution >= 4 is 10.0 Å². The normalized spacial score (nSPS) is 11.3. The molecule has 0 saturated heterocycles. The van der Waals surface area contributed by atoms with E-state index in [0.29, 0.717) is 16.7 Å². The van der Waals surface area contributed by atoms with Gasteiger partial charge in [0, 0.05) is 0 Å². The van der Waals surface area contributed by atoms with E-state index in [1.807, 2.05) is 27.7 Å². The minimum absolute atomic E-state index is 0. The molecule has 0 amide bonds. The molecule has 98 valence electrons. The van der Waals surface area contributed by atoms with Gasteiger partial charge in [-0.25, -0.2) is 13.6 Å². The summed E-state index contributed by atoms with van der Waals surface area (Å²) in [6, 6.07) is 5.29. The summed E-state index contributed by atoms with van der Waals surface area (Å²) >= 11 is 0. The van der Waals surface area contributed by atoms with Crippen LogP contribution in [0.2, 0.25) is 0 Å². The third kappa shape index (κ3) is 4.64. The van der Waals surface area contributed by atoms with Gasteiger partial charge in [0.05, 0.1) is 16.5 Å². The van der Waals surface area contributed by atoms with Crippen LogP contribution in [0.4, 0.5) is 0 Å². The first-order chi connectivity index (χ1) is 8.18. The zero-order valence-electron chi connectivity index (χ0n) is 12.1. The Morgan fingerprint density at radius 3 is 1.89 bits per heavy atom. The Morgan fingerprint density at radius 2 is 1.58 bits per heavy atom. The molecule has 0 aliphatic heterocycles. The standard InChI is InChI=1S/C13H18N2O2S.K/c1-8(2)11-6-13(18(15,16)17)12(9(3)4)5-10(11)7-14;/h5-6,8-9H,1-4H3,(H2,15,16,17);/q;+1. The molecular formula is C13H18KN2O2S+. The summed E-state index contributed by atoms with van der Waals surface area (Å²) in [5.41, 5.74) is 1.82. The average Bonchev–Trinajstić information content (AvgIpc) is 2.25. The summed E-state index contributed by atoms with van der Waals surface area (Å²) in [5.74, 6) is 0.0630. The van der Waals surface area contributed by atoms with Crippen molar-refractivity contribution in [2.75, 3.05) is 0 Å². The molecule has 4 nitrogen and oxygen atoms in total. The molecule has 0 aromatic heterocycles. The van der Waals surface area contributed by atoms with Crippen LogP contribution in [0.1, 0.15) is 56.2 Å². The monoisotopic (exact) mass is 305 g/mol. The maximum atomic E-state index is 11.6. The van der Waals surface area contributed by atoms with Gasteiger partial charge in [0.25, 0.3) is 0 Å². The number of benzene rings is 1. The Kier molecular flexibility index (Phi) is 7.42. The molecule has 0 unspecified atom stereocenters. The van der Waals surface area contributed by atoms with Gasteiger partial charge in [-0.05, 0) is 35.1 Å². The Hall–Kier alpha value is 0.256. The summed E-state index contributed by atoms with van der Waals surface area (Å²) in [5, 5.41) is 14.4. The number of hydrogen-bond donors (Lipinski definition) is 1. The van der Waals surface area contributed by atoms with Crippen molar-refractivity contribution in [2.45, 2.75) is 44.4 Å². The van der Waals surface area contributed by atoms with E-state index < -0.39 is 10.0 Å². The van der Waals surface area contributed by atoms with Crippen LogP contribution in [0.3, 0.4) is 0 Å². The molecular weight excluding hydrogens is 287 g/mol. The van der Waals surface area contributed by atoms with Gasteiger partial charge in [-0.3, -0.25) is 0 Å². The third-order valence-electron chi connectivity index (χ3n) is 2.85. The van der Waals surface area contributed by atoms with Crippen molar-refractivity contribution in [1.82, 2.24) is 0 Å². The molecule has 0 spiro atoms. The fourth-order valence-corrected chi connectivity index (χ4v) is 2.80. The van der Waals surface area contributed by atoms with Crippen LogP contribution >= 0.6 is 0 Å². The number of primary sulfonamides is 1. The van der Waals surface area contributed by atoms with E-state index in [1.165, 1.54) is 6.07 Å². The van der Waals surface area contributed by atoms with Gasteiger partial charge in [0.15, 0.2) is 0 Å². The molecule has 19 heavy (non-hydrogen) atoms. The van der Waals surface area contributed by atoms with E-state index in [1.54, 1.807) is 6.07 Å². The van der Waals surface area contributed by atoms with E-state index >= 15 is 0 Å². The summed E-state index contributed by atoms with van der Waals surface area (Å²) in [4.78, 5) is 0.125. The van der Waals surface area contributed by atoms with E-state index in [2.05, 4.69) is 6.07 Å². The molecule has 0 fully saturated rings. The van der Waals surface area contributed by atoms with Crippen LogP contribution < -0.4 is 56.5 Å². The van der Waals surface area contributed by atoms with Gasteiger partial charge < -0.3 is 0 Å². The number of sulfonamides is 1. The third-order valence-corrected chi connectivity index (χ3v) is 3.82. The zero-order valence-corrected chi connectivity index (χ0v) is 16.0. The zero-order chi connectivity index (χ0) is 14.1. The topological polar surface area (TPSA) is 84.0 Å². The fraction of sp³-hybridized carbons (Fsp3) is 0.462. The summed E-state index contributed by atoms with van der Waals surface area (Å²) in [6.07, 6.45) is 0. The molecule has 0 aliphatic carbocycles. The quantitative estimate of drug-likeness (QED) is 0.761. The van der Waals surface area contributed by atoms with Crippen molar-refractivity contribution in [2.24, 2.45) is 5.14 Å². The Balaban J connectivity index is 0.00000324. The van der Waals surface area contributed by atoms with Gasteiger partial charge in [0.2, 0.25) is 10.0 Å². The molecule has 1 aromatic rings. The van der Waals surface area contributed by atoms with Crippen molar-refractivity contribution in [3.63, 3.8) is 0 Å². The molecule has 6 heteroatoms. The summed E-state index contributed by atoms with van der Waals surface area (Å²) in [6.45, 7) is 7.58. The van der Waals surface area contributed by atoms with Crippen molar-refractivity contribution in [1.29, 1.82) is 5.26 Å². The predicted octanol–water partition coefficient (Wildman–Crippen LogP) is -0.544. The van der Waals surface area contributed by atoms with Crippen molar-refractivity contribution in [3.8, 4) is 6.07 Å². The molecule has 0 heterocycles. The van der Waals surface area contributed by atoms with Gasteiger partial charge in [-0.2, -0.15) is 5.26 Å². The Labute approximate surface area is 157 Å². The molecule has 0 bridgehead atoms. The van der Waals surface area contributed by atoms with Gasteiger partial charge >= 0.3 is 51.4 Å². The van der Waals surface area contributed by atoms with Crippen molar-refractivity contribution < 1.29 is 59.8 Å². The SMILES string of the molecule is CC(C)c1cc(S(N)(=O)=O)c(C(C)C)cc1C#N.[K+]. The molecule has 0 atom stereocenters. The number of hydrogen-bond acceptors (Lipinski definition) is 3. The second-order valence-corrected chi connectivity index (χ2v) is 6.47. The van der Waals surface area contributed by atoms with Gasteiger partial charge in [-0.1, -0.05) is 27.7 Å². The average molecular weight is 305 g/mol. The second kappa shape index (κ2) is 7.32. The Bertz CT molecular complexity index is 602. The first-order valence-electron chi connectivity index (χ1n) is 5.79.